The summed E-state index contributed by atoms with van der Waals surface area (Å²) in [7, 11) is 0. The highest BCUT2D eigenvalue weighted by molar-refractivity contribution is 6.22. The lowest BCUT2D eigenvalue weighted by atomic mass is 10.1. The maximum atomic E-state index is 14.3. The molecule has 38 heavy (non-hydrogen) atoms. The summed E-state index contributed by atoms with van der Waals surface area (Å²) in [6.07, 6.45) is -1.63. The van der Waals surface area contributed by atoms with Crippen LogP contribution < -0.4 is 16.4 Å². The summed E-state index contributed by atoms with van der Waals surface area (Å²) < 4.78 is 33.8. The van der Waals surface area contributed by atoms with E-state index >= 15 is 0 Å². The molecule has 3 amide bonds. The predicted octanol–water partition coefficient (Wildman–Crippen LogP) is 3.14. The molecule has 3 aromatic carbocycles. The van der Waals surface area contributed by atoms with Gasteiger partial charge in [-0.15, -0.1) is 0 Å². The highest BCUT2D eigenvalue weighted by Crippen LogP contribution is 2.27. The molecule has 1 aliphatic heterocycles. The highest BCUT2D eigenvalue weighted by Gasteiger charge is 2.44. The number of amides is 3. The molecule has 0 saturated carbocycles. The minimum Gasteiger partial charge on any atom is -0.384 e. The molecule has 0 spiro atoms. The van der Waals surface area contributed by atoms with Gasteiger partial charge in [-0.1, -0.05) is 36.4 Å². The number of rotatable bonds is 10. The van der Waals surface area contributed by atoms with E-state index in [1.807, 2.05) is 0 Å². The van der Waals surface area contributed by atoms with Crippen molar-refractivity contribution >= 4 is 29.2 Å². The van der Waals surface area contributed by atoms with Crippen LogP contribution in [-0.4, -0.2) is 41.3 Å². The van der Waals surface area contributed by atoms with Gasteiger partial charge in [-0.3, -0.25) is 19.8 Å². The zero-order chi connectivity index (χ0) is 27.4. The first kappa shape index (κ1) is 26.4. The van der Waals surface area contributed by atoms with Crippen LogP contribution in [0.15, 0.2) is 60.7 Å². The Morgan fingerprint density at radius 1 is 1.00 bits per heavy atom. The Hall–Kier alpha value is -4.64. The third kappa shape index (κ3) is 5.23. The third-order valence-corrected chi connectivity index (χ3v) is 5.98. The Balaban J connectivity index is 1.54. The molecule has 0 aliphatic carbocycles. The van der Waals surface area contributed by atoms with Crippen molar-refractivity contribution in [3.05, 3.63) is 100 Å². The summed E-state index contributed by atoms with van der Waals surface area (Å²) in [5, 5.41) is 13.5. The first-order chi connectivity index (χ1) is 18.2. The van der Waals surface area contributed by atoms with Crippen molar-refractivity contribution in [1.82, 2.24) is 10.2 Å². The molecule has 0 saturated heterocycles. The summed E-state index contributed by atoms with van der Waals surface area (Å²) in [5.74, 6) is -4.03. The maximum Gasteiger partial charge on any atom is 0.271 e. The quantitative estimate of drug-likeness (QED) is 0.184. The average Bonchev–Trinajstić information content (AvgIpc) is 3.15. The van der Waals surface area contributed by atoms with E-state index in [1.165, 1.54) is 18.2 Å². The summed E-state index contributed by atoms with van der Waals surface area (Å²) in [4.78, 5) is 39.5. The smallest absolute Gasteiger partial charge is 0.271 e. The molecule has 11 heteroatoms. The molecule has 5 N–H and O–H groups in total. The first-order valence-corrected chi connectivity index (χ1v) is 11.7. The fourth-order valence-electron chi connectivity index (χ4n) is 4.07. The Morgan fingerprint density at radius 2 is 1.74 bits per heavy atom. The minimum absolute atomic E-state index is 0.00325. The fourth-order valence-corrected chi connectivity index (χ4v) is 4.07. The van der Waals surface area contributed by atoms with E-state index in [9.17, 15) is 23.2 Å². The van der Waals surface area contributed by atoms with Gasteiger partial charge in [0.1, 0.15) is 17.5 Å². The van der Waals surface area contributed by atoms with Gasteiger partial charge >= 0.3 is 0 Å². The number of halogens is 2. The van der Waals surface area contributed by atoms with E-state index in [1.54, 1.807) is 43.3 Å². The van der Waals surface area contributed by atoms with Crippen LogP contribution in [0.5, 0.6) is 0 Å². The molecule has 196 valence electrons. The molecular formula is C27H25F2N5O4. The molecular weight excluding hydrogens is 496 g/mol. The van der Waals surface area contributed by atoms with Crippen LogP contribution in [0, 0.1) is 17.0 Å². The number of nitrogens with one attached hydrogen (secondary N) is 3. The second-order valence-corrected chi connectivity index (χ2v) is 8.40. The van der Waals surface area contributed by atoms with E-state index in [2.05, 4.69) is 10.6 Å². The number of imide groups is 1. The van der Waals surface area contributed by atoms with Gasteiger partial charge < -0.3 is 21.1 Å². The number of nitrogen functional groups attached to an aromatic ring is 1. The first-order valence-electron chi connectivity index (χ1n) is 11.7. The van der Waals surface area contributed by atoms with Crippen LogP contribution in [-0.2, 0) is 22.6 Å². The van der Waals surface area contributed by atoms with Crippen molar-refractivity contribution in [2.45, 2.75) is 26.2 Å². The van der Waals surface area contributed by atoms with Crippen molar-refractivity contribution < 1.29 is 27.9 Å². The second-order valence-electron chi connectivity index (χ2n) is 8.40. The Morgan fingerprint density at radius 3 is 2.42 bits per heavy atom. The van der Waals surface area contributed by atoms with E-state index in [4.69, 9.17) is 15.9 Å². The zero-order valence-corrected chi connectivity index (χ0v) is 20.4. The number of amidine groups is 1. The van der Waals surface area contributed by atoms with Crippen molar-refractivity contribution in [2.75, 3.05) is 11.9 Å². The van der Waals surface area contributed by atoms with E-state index < -0.39 is 41.1 Å². The number of anilines is 1. The van der Waals surface area contributed by atoms with Gasteiger partial charge in [-0.25, -0.2) is 13.7 Å². The Bertz CT molecular complexity index is 1430. The van der Waals surface area contributed by atoms with Crippen LogP contribution >= 0.6 is 0 Å². The third-order valence-electron chi connectivity index (χ3n) is 5.98. The van der Waals surface area contributed by atoms with Crippen LogP contribution in [0.4, 0.5) is 14.5 Å². The number of ether oxygens (including phenoxy) is 1. The standard InChI is InChI=1S/C27H25F2N5O4/c1-2-38-27(34-25(36)18-7-5-9-20(29)22(18)26(34)37)24(35)33-14-17-11-10-15(23(30)31)12-21(17)32-13-16-6-3-4-8-19(16)28/h3-12,27,32H,2,13-14H2,1H3,(H3,30,31)(H,33,35)/t27-/m0/s1. The molecule has 9 nitrogen and oxygen atoms in total. The minimum atomic E-state index is -1.63. The van der Waals surface area contributed by atoms with Crippen molar-refractivity contribution in [2.24, 2.45) is 5.73 Å². The van der Waals surface area contributed by atoms with Crippen LogP contribution in [0.2, 0.25) is 0 Å². The van der Waals surface area contributed by atoms with Crippen molar-refractivity contribution in [1.29, 1.82) is 5.41 Å². The zero-order valence-electron chi connectivity index (χ0n) is 20.4. The van der Waals surface area contributed by atoms with Gasteiger partial charge in [0.05, 0.1) is 11.1 Å². The summed E-state index contributed by atoms with van der Waals surface area (Å²) in [6, 6.07) is 14.7. The largest absolute Gasteiger partial charge is 0.384 e. The Kier molecular flexibility index (Phi) is 7.77. The molecule has 3 aromatic rings. The molecule has 0 radical (unpaired) electrons. The SMILES string of the molecule is CCO[C@@H](C(=O)NCc1ccc(C(=N)N)cc1NCc1ccccc1F)N1C(=O)c2cccc(F)c2C1=O. The van der Waals surface area contributed by atoms with Crippen LogP contribution in [0.3, 0.4) is 0 Å². The predicted molar refractivity (Wildman–Crippen MR) is 135 cm³/mol. The van der Waals surface area contributed by atoms with Gasteiger partial charge in [-0.2, -0.15) is 0 Å². The normalized spacial score (nSPS) is 13.3. The molecule has 0 bridgehead atoms. The number of fused-ring (bicyclic) bond motifs is 1. The lowest BCUT2D eigenvalue weighted by Gasteiger charge is -2.25. The maximum absolute atomic E-state index is 14.3. The van der Waals surface area contributed by atoms with E-state index in [0.717, 1.165) is 6.07 Å². The molecule has 1 aliphatic rings. The second kappa shape index (κ2) is 11.2. The molecule has 1 heterocycles. The van der Waals surface area contributed by atoms with Gasteiger partial charge in [0, 0.05) is 36.5 Å². The van der Waals surface area contributed by atoms with Crippen LogP contribution in [0.25, 0.3) is 0 Å². The molecule has 4 rings (SSSR count). The van der Waals surface area contributed by atoms with Crippen molar-refractivity contribution in [3.8, 4) is 0 Å². The number of hydrogen-bond donors (Lipinski definition) is 4. The number of nitrogens with zero attached hydrogens (tertiary/aromatic N) is 1. The van der Waals surface area contributed by atoms with E-state index in [0.29, 0.717) is 27.3 Å². The lowest BCUT2D eigenvalue weighted by molar-refractivity contribution is -0.140. The summed E-state index contributed by atoms with van der Waals surface area (Å²) in [5.41, 5.74) is 6.92. The molecule has 0 aromatic heterocycles. The topological polar surface area (TPSA) is 138 Å². The fraction of sp³-hybridized carbons (Fsp3) is 0.185. The van der Waals surface area contributed by atoms with Gasteiger partial charge in [0.2, 0.25) is 6.23 Å². The average molecular weight is 522 g/mol. The van der Waals surface area contributed by atoms with Gasteiger partial charge in [-0.05, 0) is 36.8 Å². The molecule has 0 unspecified atom stereocenters. The number of carbonyl (C=O) groups excluding carboxylic acids is 3. The number of hydrogen-bond acceptors (Lipinski definition) is 6. The lowest BCUT2D eigenvalue weighted by Crippen LogP contribution is -2.51. The number of benzene rings is 3. The van der Waals surface area contributed by atoms with Gasteiger partial charge in [0.25, 0.3) is 17.7 Å². The van der Waals surface area contributed by atoms with E-state index in [-0.39, 0.29) is 31.1 Å². The number of nitrogens with two attached hydrogens (primary N) is 1. The summed E-state index contributed by atoms with van der Waals surface area (Å²) >= 11 is 0. The monoisotopic (exact) mass is 521 g/mol. The van der Waals surface area contributed by atoms with Crippen molar-refractivity contribution in [3.63, 3.8) is 0 Å². The Labute approximate surface area is 217 Å². The highest BCUT2D eigenvalue weighted by atomic mass is 19.1. The molecule has 1 atom stereocenters. The molecule has 0 fully saturated rings. The summed E-state index contributed by atoms with van der Waals surface area (Å²) in [6.45, 7) is 1.63. The van der Waals surface area contributed by atoms with Gasteiger partial charge in [0.15, 0.2) is 0 Å². The van der Waals surface area contributed by atoms with Crippen LogP contribution in [0.1, 0.15) is 44.3 Å². The number of carbonyl (C=O) groups is 3.